The number of anilines is 1. The van der Waals surface area contributed by atoms with Gasteiger partial charge in [-0.1, -0.05) is 19.1 Å². The standard InChI is InChI=1S/C14H19NO/c1-11(8-10-16)12-5-3-7-14-13(12)6-4-9-15(14)2/h3,5,7,10-11H,4,6,8-9H2,1-2H3. The quantitative estimate of drug-likeness (QED) is 0.726. The first-order chi connectivity index (χ1) is 7.74. The molecule has 0 aromatic heterocycles. The minimum atomic E-state index is 0.346. The smallest absolute Gasteiger partial charge is 0.120 e. The van der Waals surface area contributed by atoms with E-state index in [1.807, 2.05) is 0 Å². The van der Waals surface area contributed by atoms with Crippen LogP contribution in [0.3, 0.4) is 0 Å². The number of carbonyl (C=O) groups is 1. The predicted octanol–water partition coefficient (Wildman–Crippen LogP) is 2.76. The molecule has 1 atom stereocenters. The number of fused-ring (bicyclic) bond motifs is 1. The van der Waals surface area contributed by atoms with Gasteiger partial charge in [-0.05, 0) is 36.0 Å². The van der Waals surface area contributed by atoms with Crippen LogP contribution in [0, 0.1) is 0 Å². The first kappa shape index (κ1) is 11.2. The van der Waals surface area contributed by atoms with Gasteiger partial charge in [0.25, 0.3) is 0 Å². The largest absolute Gasteiger partial charge is 0.374 e. The average molecular weight is 217 g/mol. The Balaban J connectivity index is 2.39. The highest BCUT2D eigenvalue weighted by atomic mass is 16.1. The minimum absolute atomic E-state index is 0.346. The van der Waals surface area contributed by atoms with Crippen LogP contribution in [-0.2, 0) is 11.2 Å². The summed E-state index contributed by atoms with van der Waals surface area (Å²) in [5.41, 5.74) is 4.16. The van der Waals surface area contributed by atoms with Crippen molar-refractivity contribution in [3.8, 4) is 0 Å². The van der Waals surface area contributed by atoms with Crippen LogP contribution in [0.5, 0.6) is 0 Å². The molecule has 0 aliphatic carbocycles. The number of carbonyl (C=O) groups excluding carboxylic acids is 1. The summed E-state index contributed by atoms with van der Waals surface area (Å²) in [6.45, 7) is 3.27. The van der Waals surface area contributed by atoms with Crippen molar-refractivity contribution >= 4 is 12.0 Å². The molecule has 0 saturated heterocycles. The molecule has 1 aliphatic rings. The van der Waals surface area contributed by atoms with Gasteiger partial charge in [0.2, 0.25) is 0 Å². The monoisotopic (exact) mass is 217 g/mol. The second-order valence-electron chi connectivity index (χ2n) is 4.67. The van der Waals surface area contributed by atoms with E-state index in [2.05, 4.69) is 37.1 Å². The fourth-order valence-corrected chi connectivity index (χ4v) is 2.57. The maximum Gasteiger partial charge on any atom is 0.120 e. The Labute approximate surface area is 97.3 Å². The third kappa shape index (κ3) is 1.97. The van der Waals surface area contributed by atoms with Gasteiger partial charge in [-0.3, -0.25) is 0 Å². The van der Waals surface area contributed by atoms with Gasteiger partial charge in [0.1, 0.15) is 6.29 Å². The lowest BCUT2D eigenvalue weighted by Gasteiger charge is -2.30. The highest BCUT2D eigenvalue weighted by Gasteiger charge is 2.18. The van der Waals surface area contributed by atoms with Crippen LogP contribution >= 0.6 is 0 Å². The zero-order chi connectivity index (χ0) is 11.5. The Morgan fingerprint density at radius 1 is 1.50 bits per heavy atom. The number of aldehydes is 1. The highest BCUT2D eigenvalue weighted by molar-refractivity contribution is 5.60. The Bertz CT molecular complexity index is 386. The summed E-state index contributed by atoms with van der Waals surface area (Å²) in [7, 11) is 2.15. The van der Waals surface area contributed by atoms with E-state index in [4.69, 9.17) is 0 Å². The molecule has 0 fully saturated rings. The molecule has 0 spiro atoms. The molecule has 1 heterocycles. The fraction of sp³-hybridized carbons (Fsp3) is 0.500. The van der Waals surface area contributed by atoms with Gasteiger partial charge in [0.15, 0.2) is 0 Å². The zero-order valence-electron chi connectivity index (χ0n) is 10.1. The number of benzene rings is 1. The minimum Gasteiger partial charge on any atom is -0.374 e. The van der Waals surface area contributed by atoms with E-state index in [-0.39, 0.29) is 0 Å². The van der Waals surface area contributed by atoms with Gasteiger partial charge in [0, 0.05) is 25.7 Å². The molecule has 1 aliphatic heterocycles. The molecule has 0 N–H and O–H groups in total. The molecule has 0 saturated carbocycles. The molecule has 2 nitrogen and oxygen atoms in total. The highest BCUT2D eigenvalue weighted by Crippen LogP contribution is 2.33. The molecular formula is C14H19NO. The predicted molar refractivity (Wildman–Crippen MR) is 67.1 cm³/mol. The molecule has 1 aromatic carbocycles. The maximum atomic E-state index is 10.6. The molecule has 0 bridgehead atoms. The third-order valence-electron chi connectivity index (χ3n) is 3.50. The fourth-order valence-electron chi connectivity index (χ4n) is 2.57. The van der Waals surface area contributed by atoms with Gasteiger partial charge in [-0.15, -0.1) is 0 Å². The first-order valence-electron chi connectivity index (χ1n) is 6.00. The van der Waals surface area contributed by atoms with E-state index >= 15 is 0 Å². The Morgan fingerprint density at radius 2 is 2.31 bits per heavy atom. The molecule has 86 valence electrons. The summed E-state index contributed by atoms with van der Waals surface area (Å²) in [5, 5.41) is 0. The number of hydrogen-bond acceptors (Lipinski definition) is 2. The van der Waals surface area contributed by atoms with Crippen molar-refractivity contribution in [1.29, 1.82) is 0 Å². The van der Waals surface area contributed by atoms with Crippen LogP contribution in [-0.4, -0.2) is 19.9 Å². The van der Waals surface area contributed by atoms with Crippen LogP contribution in [0.25, 0.3) is 0 Å². The van der Waals surface area contributed by atoms with Crippen molar-refractivity contribution < 1.29 is 4.79 Å². The van der Waals surface area contributed by atoms with Crippen LogP contribution in [0.15, 0.2) is 18.2 Å². The van der Waals surface area contributed by atoms with Gasteiger partial charge < -0.3 is 9.69 Å². The Morgan fingerprint density at radius 3 is 3.06 bits per heavy atom. The van der Waals surface area contributed by atoms with Crippen LogP contribution < -0.4 is 4.90 Å². The van der Waals surface area contributed by atoms with Crippen molar-refractivity contribution in [3.63, 3.8) is 0 Å². The summed E-state index contributed by atoms with van der Waals surface area (Å²) < 4.78 is 0. The molecule has 1 aromatic rings. The van der Waals surface area contributed by atoms with Gasteiger partial charge in [-0.25, -0.2) is 0 Å². The zero-order valence-corrected chi connectivity index (χ0v) is 10.1. The van der Waals surface area contributed by atoms with Gasteiger partial charge >= 0.3 is 0 Å². The summed E-state index contributed by atoms with van der Waals surface area (Å²) in [5.74, 6) is 0.346. The van der Waals surface area contributed by atoms with Crippen molar-refractivity contribution in [2.45, 2.75) is 32.1 Å². The van der Waals surface area contributed by atoms with Crippen LogP contribution in [0.4, 0.5) is 5.69 Å². The molecule has 0 radical (unpaired) electrons. The molecular weight excluding hydrogens is 198 g/mol. The normalized spacial score (nSPS) is 16.8. The van der Waals surface area contributed by atoms with Crippen molar-refractivity contribution in [1.82, 2.24) is 0 Å². The lowest BCUT2D eigenvalue weighted by atomic mass is 9.88. The summed E-state index contributed by atoms with van der Waals surface area (Å²) in [4.78, 5) is 12.9. The third-order valence-corrected chi connectivity index (χ3v) is 3.50. The van der Waals surface area contributed by atoms with E-state index in [9.17, 15) is 4.79 Å². The molecule has 2 heteroatoms. The lowest BCUT2D eigenvalue weighted by Crippen LogP contribution is -2.25. The van der Waals surface area contributed by atoms with Crippen LogP contribution in [0.2, 0.25) is 0 Å². The van der Waals surface area contributed by atoms with E-state index in [0.717, 1.165) is 19.3 Å². The number of hydrogen-bond donors (Lipinski definition) is 0. The number of nitrogens with zero attached hydrogens (tertiary/aromatic N) is 1. The molecule has 16 heavy (non-hydrogen) atoms. The summed E-state index contributed by atoms with van der Waals surface area (Å²) in [6, 6.07) is 6.47. The van der Waals surface area contributed by atoms with Gasteiger partial charge in [-0.2, -0.15) is 0 Å². The molecule has 2 rings (SSSR count). The van der Waals surface area contributed by atoms with Crippen molar-refractivity contribution in [2.75, 3.05) is 18.5 Å². The lowest BCUT2D eigenvalue weighted by molar-refractivity contribution is -0.108. The summed E-state index contributed by atoms with van der Waals surface area (Å²) >= 11 is 0. The Hall–Kier alpha value is -1.31. The van der Waals surface area contributed by atoms with Crippen molar-refractivity contribution in [2.24, 2.45) is 0 Å². The van der Waals surface area contributed by atoms with E-state index in [1.165, 1.54) is 23.2 Å². The van der Waals surface area contributed by atoms with Crippen LogP contribution in [0.1, 0.15) is 36.8 Å². The Kier molecular flexibility index (Phi) is 3.28. The molecule has 0 amide bonds. The first-order valence-corrected chi connectivity index (χ1v) is 6.00. The van der Waals surface area contributed by atoms with Gasteiger partial charge in [0.05, 0.1) is 0 Å². The second-order valence-corrected chi connectivity index (χ2v) is 4.67. The maximum absolute atomic E-state index is 10.6. The summed E-state index contributed by atoms with van der Waals surface area (Å²) in [6.07, 6.45) is 4.02. The van der Waals surface area contributed by atoms with E-state index in [0.29, 0.717) is 12.3 Å². The second kappa shape index (κ2) is 4.69. The van der Waals surface area contributed by atoms with Crippen molar-refractivity contribution in [3.05, 3.63) is 29.3 Å². The van der Waals surface area contributed by atoms with E-state index in [1.54, 1.807) is 0 Å². The molecule has 1 unspecified atom stereocenters. The average Bonchev–Trinajstić information content (AvgIpc) is 2.29. The SMILES string of the molecule is CC(CC=O)c1cccc2c1CCCN2C. The number of rotatable bonds is 3. The van der Waals surface area contributed by atoms with E-state index < -0.39 is 0 Å². The topological polar surface area (TPSA) is 20.3 Å².